The van der Waals surface area contributed by atoms with E-state index in [0.717, 1.165) is 11.1 Å². The number of benzene rings is 3. The van der Waals surface area contributed by atoms with Gasteiger partial charge in [-0.25, -0.2) is 0 Å². The lowest BCUT2D eigenvalue weighted by Crippen LogP contribution is -2.14. The normalized spacial score (nSPS) is 14.0. The number of hydrogen-bond donors (Lipinski definition) is 0. The Kier molecular flexibility index (Phi) is 3.44. The quantitative estimate of drug-likeness (QED) is 0.407. The summed E-state index contributed by atoms with van der Waals surface area (Å²) in [6.45, 7) is 4.42. The van der Waals surface area contributed by atoms with Crippen LogP contribution in [0, 0.1) is 10.1 Å². The van der Waals surface area contributed by atoms with E-state index in [0.29, 0.717) is 10.6 Å². The summed E-state index contributed by atoms with van der Waals surface area (Å²) in [6.07, 6.45) is 0. The molecule has 0 bridgehead atoms. The Labute approximate surface area is 151 Å². The van der Waals surface area contributed by atoms with Gasteiger partial charge in [0.15, 0.2) is 0 Å². The number of nitrogens with zero attached hydrogens (tertiary/aromatic N) is 1. The third kappa shape index (κ3) is 2.35. The van der Waals surface area contributed by atoms with Crippen LogP contribution in [0.2, 0.25) is 5.02 Å². The average Bonchev–Trinajstić information content (AvgIpc) is 2.82. The van der Waals surface area contributed by atoms with E-state index < -0.39 is 0 Å². The van der Waals surface area contributed by atoms with Crippen LogP contribution in [-0.4, -0.2) is 4.92 Å². The fourth-order valence-electron chi connectivity index (χ4n) is 3.79. The Balaban J connectivity index is 1.97. The molecule has 0 saturated carbocycles. The van der Waals surface area contributed by atoms with Crippen LogP contribution in [0.25, 0.3) is 22.3 Å². The third-order valence-corrected chi connectivity index (χ3v) is 5.28. The molecule has 3 nitrogen and oxygen atoms in total. The highest BCUT2D eigenvalue weighted by molar-refractivity contribution is 6.31. The summed E-state index contributed by atoms with van der Waals surface area (Å²) >= 11 is 6.09. The Morgan fingerprint density at radius 2 is 1.60 bits per heavy atom. The highest BCUT2D eigenvalue weighted by Gasteiger charge is 2.35. The summed E-state index contributed by atoms with van der Waals surface area (Å²) in [5.74, 6) is 0. The Bertz CT molecular complexity index is 1020. The Morgan fingerprint density at radius 3 is 2.36 bits per heavy atom. The van der Waals surface area contributed by atoms with Gasteiger partial charge in [0.1, 0.15) is 0 Å². The minimum atomic E-state index is -0.364. The monoisotopic (exact) mass is 349 g/mol. The van der Waals surface area contributed by atoms with Crippen molar-refractivity contribution < 1.29 is 4.92 Å². The molecule has 0 radical (unpaired) electrons. The van der Waals surface area contributed by atoms with Crippen LogP contribution in [0.3, 0.4) is 0 Å². The number of nitro groups is 1. The van der Waals surface area contributed by atoms with Gasteiger partial charge in [-0.2, -0.15) is 0 Å². The molecule has 0 fully saturated rings. The first-order valence-electron chi connectivity index (χ1n) is 8.08. The van der Waals surface area contributed by atoms with E-state index >= 15 is 0 Å². The zero-order valence-electron chi connectivity index (χ0n) is 13.9. The molecule has 3 aromatic rings. The minimum Gasteiger partial charge on any atom is -0.258 e. The molecule has 0 aromatic heterocycles. The maximum atomic E-state index is 11.4. The van der Waals surface area contributed by atoms with Crippen molar-refractivity contribution in [2.45, 2.75) is 19.3 Å². The predicted molar refractivity (Wildman–Crippen MR) is 101 cm³/mol. The second-order valence-electron chi connectivity index (χ2n) is 6.85. The fraction of sp³-hybridized carbons (Fsp3) is 0.143. The van der Waals surface area contributed by atoms with Crippen LogP contribution < -0.4 is 0 Å². The first kappa shape index (κ1) is 15.9. The first-order valence-corrected chi connectivity index (χ1v) is 8.46. The molecule has 0 atom stereocenters. The third-order valence-electron chi connectivity index (χ3n) is 5.05. The van der Waals surface area contributed by atoms with E-state index in [1.54, 1.807) is 12.1 Å². The second kappa shape index (κ2) is 5.43. The van der Waals surface area contributed by atoms with E-state index in [1.807, 2.05) is 18.2 Å². The molecule has 124 valence electrons. The van der Waals surface area contributed by atoms with Gasteiger partial charge >= 0.3 is 0 Å². The van der Waals surface area contributed by atoms with Crippen molar-refractivity contribution in [3.8, 4) is 22.3 Å². The van der Waals surface area contributed by atoms with Gasteiger partial charge in [0.2, 0.25) is 0 Å². The number of nitro benzene ring substituents is 1. The second-order valence-corrected chi connectivity index (χ2v) is 7.29. The highest BCUT2D eigenvalue weighted by atomic mass is 35.5. The molecule has 0 heterocycles. The Hall–Kier alpha value is -2.65. The first-order chi connectivity index (χ1) is 11.9. The van der Waals surface area contributed by atoms with Crippen LogP contribution in [0.1, 0.15) is 25.0 Å². The molecule has 0 amide bonds. The van der Waals surface area contributed by atoms with Crippen molar-refractivity contribution in [2.24, 2.45) is 0 Å². The summed E-state index contributed by atoms with van der Waals surface area (Å²) in [6, 6.07) is 19.1. The van der Waals surface area contributed by atoms with Crippen molar-refractivity contribution in [3.63, 3.8) is 0 Å². The zero-order valence-corrected chi connectivity index (χ0v) is 14.7. The van der Waals surface area contributed by atoms with Gasteiger partial charge in [-0.1, -0.05) is 61.8 Å². The Morgan fingerprint density at radius 1 is 0.880 bits per heavy atom. The van der Waals surface area contributed by atoms with Crippen molar-refractivity contribution in [3.05, 3.63) is 86.9 Å². The smallest absolute Gasteiger partial charge is 0.258 e. The summed E-state index contributed by atoms with van der Waals surface area (Å²) in [5, 5.41) is 11.9. The molecule has 0 aliphatic heterocycles. The predicted octanol–water partition coefficient (Wildman–Crippen LogP) is 6.22. The molecule has 1 aliphatic rings. The van der Waals surface area contributed by atoms with Gasteiger partial charge in [0.25, 0.3) is 5.69 Å². The average molecular weight is 350 g/mol. The molecule has 0 saturated heterocycles. The number of halogens is 1. The van der Waals surface area contributed by atoms with Crippen molar-refractivity contribution in [1.82, 2.24) is 0 Å². The van der Waals surface area contributed by atoms with Gasteiger partial charge in [0.05, 0.1) is 10.5 Å². The van der Waals surface area contributed by atoms with E-state index in [1.165, 1.54) is 22.8 Å². The number of rotatable bonds is 2. The van der Waals surface area contributed by atoms with E-state index in [9.17, 15) is 10.1 Å². The van der Waals surface area contributed by atoms with Crippen LogP contribution in [0.5, 0.6) is 0 Å². The molecule has 4 rings (SSSR count). The van der Waals surface area contributed by atoms with Crippen LogP contribution in [0.4, 0.5) is 5.69 Å². The standard InChI is InChI=1S/C21H16ClNO2/c1-21(2)18-6-4-3-5-15(18)17-11-13(7-9-19(17)21)16-12-14(22)8-10-20(16)23(24)25/h3-12H,1-2H3. The SMILES string of the molecule is CC1(C)c2ccccc2-c2cc(-c3cc(Cl)ccc3[N+](=O)[O-])ccc21. The topological polar surface area (TPSA) is 43.1 Å². The summed E-state index contributed by atoms with van der Waals surface area (Å²) in [4.78, 5) is 11.0. The maximum Gasteiger partial charge on any atom is 0.277 e. The van der Waals surface area contributed by atoms with Crippen molar-refractivity contribution >= 4 is 17.3 Å². The van der Waals surface area contributed by atoms with Gasteiger partial charge in [-0.3, -0.25) is 10.1 Å². The highest BCUT2D eigenvalue weighted by Crippen LogP contribution is 2.49. The van der Waals surface area contributed by atoms with E-state index in [4.69, 9.17) is 11.6 Å². The molecule has 4 heteroatoms. The van der Waals surface area contributed by atoms with Gasteiger partial charge in [-0.05, 0) is 46.0 Å². The van der Waals surface area contributed by atoms with Gasteiger partial charge in [-0.15, -0.1) is 0 Å². The van der Waals surface area contributed by atoms with Crippen LogP contribution in [0.15, 0.2) is 60.7 Å². The van der Waals surface area contributed by atoms with Gasteiger partial charge < -0.3 is 0 Å². The molecular formula is C21H16ClNO2. The number of hydrogen-bond acceptors (Lipinski definition) is 2. The van der Waals surface area contributed by atoms with Crippen LogP contribution in [-0.2, 0) is 5.41 Å². The molecule has 0 spiro atoms. The molecule has 0 unspecified atom stereocenters. The molecule has 3 aromatic carbocycles. The van der Waals surface area contributed by atoms with Crippen molar-refractivity contribution in [2.75, 3.05) is 0 Å². The van der Waals surface area contributed by atoms with Crippen LogP contribution >= 0.6 is 11.6 Å². The number of fused-ring (bicyclic) bond motifs is 3. The molecular weight excluding hydrogens is 334 g/mol. The summed E-state index contributed by atoms with van der Waals surface area (Å²) < 4.78 is 0. The minimum absolute atomic E-state index is 0.0647. The van der Waals surface area contributed by atoms with Gasteiger partial charge in [0, 0.05) is 16.5 Å². The van der Waals surface area contributed by atoms with Crippen molar-refractivity contribution in [1.29, 1.82) is 0 Å². The largest absolute Gasteiger partial charge is 0.277 e. The summed E-state index contributed by atoms with van der Waals surface area (Å²) in [7, 11) is 0. The lowest BCUT2D eigenvalue weighted by Gasteiger charge is -2.21. The fourth-order valence-corrected chi connectivity index (χ4v) is 3.96. The molecule has 1 aliphatic carbocycles. The summed E-state index contributed by atoms with van der Waals surface area (Å²) in [5.41, 5.74) is 6.18. The lowest BCUT2D eigenvalue weighted by molar-refractivity contribution is -0.384. The zero-order chi connectivity index (χ0) is 17.8. The molecule has 0 N–H and O–H groups in total. The lowest BCUT2D eigenvalue weighted by atomic mass is 9.82. The molecule has 25 heavy (non-hydrogen) atoms. The van der Waals surface area contributed by atoms with E-state index in [2.05, 4.69) is 38.1 Å². The maximum absolute atomic E-state index is 11.4. The van der Waals surface area contributed by atoms with E-state index in [-0.39, 0.29) is 16.0 Å².